The molecule has 0 fully saturated rings. The lowest BCUT2D eigenvalue weighted by molar-refractivity contribution is -0.727. The topological polar surface area (TPSA) is 19.7 Å². The van der Waals surface area contributed by atoms with Crippen molar-refractivity contribution in [2.75, 3.05) is 0 Å². The molecule has 2 heteroatoms. The van der Waals surface area contributed by atoms with Crippen LogP contribution in [0, 0.1) is 0 Å². The average molecular weight is 602 g/mol. The quantitative estimate of drug-likeness (QED) is 0.0599. The summed E-state index contributed by atoms with van der Waals surface area (Å²) in [7, 11) is 0. The van der Waals surface area contributed by atoms with Gasteiger partial charge >= 0.3 is 0 Å². The van der Waals surface area contributed by atoms with Crippen molar-refractivity contribution in [3.63, 3.8) is 0 Å². The Morgan fingerprint density at radius 3 is 1.14 bits per heavy atom. The molecule has 254 valence electrons. The first-order valence-electron chi connectivity index (χ1n) is 20.3. The predicted octanol–water partition coefficient (Wildman–Crippen LogP) is 14.5. The summed E-state index contributed by atoms with van der Waals surface area (Å²) >= 11 is 0. The van der Waals surface area contributed by atoms with Crippen LogP contribution in [0.4, 0.5) is 0 Å². The fourth-order valence-corrected chi connectivity index (χ4v) is 7.13. The highest BCUT2D eigenvalue weighted by molar-refractivity contribution is 4.90. The van der Waals surface area contributed by atoms with Crippen molar-refractivity contribution in [3.05, 3.63) is 18.2 Å². The zero-order chi connectivity index (χ0) is 31.1. The summed E-state index contributed by atoms with van der Waals surface area (Å²) in [5.41, 5.74) is 0. The molecule has 0 amide bonds. The van der Waals surface area contributed by atoms with E-state index >= 15 is 0 Å². The van der Waals surface area contributed by atoms with Crippen molar-refractivity contribution in [1.82, 2.24) is 4.98 Å². The zero-order valence-corrected chi connectivity index (χ0v) is 30.4. The molecule has 0 saturated heterocycles. The van der Waals surface area contributed by atoms with E-state index in [1.807, 2.05) is 0 Å². The molecule has 0 spiro atoms. The van der Waals surface area contributed by atoms with E-state index in [0.29, 0.717) is 12.0 Å². The second-order valence-electron chi connectivity index (χ2n) is 14.4. The lowest BCUT2D eigenvalue weighted by Gasteiger charge is -2.17. The second kappa shape index (κ2) is 31.2. The van der Waals surface area contributed by atoms with Gasteiger partial charge in [-0.15, -0.1) is 0 Å². The largest absolute Gasteiger partial charge is 0.257 e. The molecule has 1 aromatic rings. The molecule has 0 aliphatic heterocycles. The molecule has 0 radical (unpaired) electrons. The number of rotatable bonds is 34. The molecule has 0 saturated carbocycles. The Morgan fingerprint density at radius 2 is 0.744 bits per heavy atom. The van der Waals surface area contributed by atoms with Gasteiger partial charge in [0.15, 0.2) is 0 Å². The Balaban J connectivity index is 2.23. The van der Waals surface area contributed by atoms with Crippen LogP contribution in [0.2, 0.25) is 0 Å². The average Bonchev–Trinajstić information content (AvgIpc) is 3.51. The number of imidazole rings is 1. The van der Waals surface area contributed by atoms with Gasteiger partial charge in [-0.1, -0.05) is 201 Å². The summed E-state index contributed by atoms with van der Waals surface area (Å²) in [5.74, 6) is 2.24. The van der Waals surface area contributed by atoms with Gasteiger partial charge in [-0.2, -0.15) is 0 Å². The number of aromatic amines is 1. The van der Waals surface area contributed by atoms with Crippen molar-refractivity contribution < 1.29 is 4.57 Å². The lowest BCUT2D eigenvalue weighted by atomic mass is 9.93. The van der Waals surface area contributed by atoms with Gasteiger partial charge in [-0.05, 0) is 32.6 Å². The first-order valence-corrected chi connectivity index (χ1v) is 20.3. The maximum Gasteiger partial charge on any atom is 0.257 e. The smallest absolute Gasteiger partial charge is 0.247 e. The molecule has 0 aromatic carbocycles. The molecule has 1 rings (SSSR count). The Morgan fingerprint density at radius 1 is 0.442 bits per heavy atom. The molecule has 0 aliphatic carbocycles. The van der Waals surface area contributed by atoms with Gasteiger partial charge in [0.25, 0.3) is 5.82 Å². The van der Waals surface area contributed by atoms with Crippen LogP contribution in [0.3, 0.4) is 0 Å². The molecule has 2 unspecified atom stereocenters. The van der Waals surface area contributed by atoms with Crippen molar-refractivity contribution in [2.24, 2.45) is 0 Å². The molecule has 0 aliphatic rings. The van der Waals surface area contributed by atoms with Gasteiger partial charge in [0.05, 0.1) is 12.0 Å². The van der Waals surface area contributed by atoms with E-state index in [-0.39, 0.29) is 0 Å². The Hall–Kier alpha value is -0.790. The molecule has 0 bridgehead atoms. The first-order chi connectivity index (χ1) is 21.2. The van der Waals surface area contributed by atoms with E-state index in [1.165, 1.54) is 211 Å². The molecule has 2 nitrogen and oxygen atoms in total. The van der Waals surface area contributed by atoms with Gasteiger partial charge in [0.1, 0.15) is 12.4 Å². The third kappa shape index (κ3) is 23.2. The van der Waals surface area contributed by atoms with Crippen molar-refractivity contribution in [3.8, 4) is 0 Å². The van der Waals surface area contributed by atoms with Gasteiger partial charge in [0, 0.05) is 0 Å². The predicted molar refractivity (Wildman–Crippen MR) is 193 cm³/mol. The summed E-state index contributed by atoms with van der Waals surface area (Å²) in [6.07, 6.45) is 50.2. The Bertz CT molecular complexity index is 664. The zero-order valence-electron chi connectivity index (χ0n) is 30.4. The van der Waals surface area contributed by atoms with Gasteiger partial charge in [-0.3, -0.25) is 0 Å². The maximum absolute atomic E-state index is 3.72. The van der Waals surface area contributed by atoms with Gasteiger partial charge < -0.3 is 0 Å². The standard InChI is InChI=1S/C41H80N2/c1-5-8-11-13-15-17-19-21-22-24-26-28-30-33-36-40(35-31-10-7-3)41-42-37-38-43(41)39(4)34-32-29-27-25-23-20-18-16-14-12-9-6-2/h37-40H,5-36H2,1-4H3/p+1. The number of nitrogens with zero attached hydrogens (tertiary/aromatic N) is 1. The van der Waals surface area contributed by atoms with E-state index < -0.39 is 0 Å². The minimum Gasteiger partial charge on any atom is -0.247 e. The molecule has 1 heterocycles. The number of nitrogens with one attached hydrogen (secondary N) is 1. The van der Waals surface area contributed by atoms with E-state index in [0.717, 1.165) is 0 Å². The molecule has 43 heavy (non-hydrogen) atoms. The number of unbranched alkanes of at least 4 members (excludes halogenated alkanes) is 26. The monoisotopic (exact) mass is 602 g/mol. The van der Waals surface area contributed by atoms with E-state index in [9.17, 15) is 0 Å². The fourth-order valence-electron chi connectivity index (χ4n) is 7.13. The summed E-state index contributed by atoms with van der Waals surface area (Å²) in [5, 5.41) is 0. The van der Waals surface area contributed by atoms with Crippen molar-refractivity contribution >= 4 is 0 Å². The molecular weight excluding hydrogens is 520 g/mol. The summed E-state index contributed by atoms with van der Waals surface area (Å²) < 4.78 is 2.62. The van der Waals surface area contributed by atoms with Crippen molar-refractivity contribution in [2.45, 2.75) is 245 Å². The van der Waals surface area contributed by atoms with Crippen LogP contribution in [0.25, 0.3) is 0 Å². The SMILES string of the molecule is CCCCCCCCCCCCCCCCC(CCCCC)c1[nH]cc[n+]1C(C)CCCCCCCCCCCCCC. The molecule has 2 atom stereocenters. The fraction of sp³-hybridized carbons (Fsp3) is 0.927. The third-order valence-corrected chi connectivity index (χ3v) is 10.1. The van der Waals surface area contributed by atoms with Crippen LogP contribution < -0.4 is 4.57 Å². The van der Waals surface area contributed by atoms with Crippen LogP contribution >= 0.6 is 0 Å². The highest BCUT2D eigenvalue weighted by atomic mass is 15.1. The normalized spacial score (nSPS) is 13.1. The van der Waals surface area contributed by atoms with E-state index in [4.69, 9.17) is 0 Å². The highest BCUT2D eigenvalue weighted by Gasteiger charge is 2.25. The summed E-state index contributed by atoms with van der Waals surface area (Å²) in [6.45, 7) is 9.43. The second-order valence-corrected chi connectivity index (χ2v) is 14.4. The first kappa shape index (κ1) is 40.2. The van der Waals surface area contributed by atoms with Crippen LogP contribution in [-0.2, 0) is 0 Å². The van der Waals surface area contributed by atoms with Gasteiger partial charge in [-0.25, -0.2) is 9.55 Å². The maximum atomic E-state index is 3.72. The number of aromatic nitrogens is 2. The molecule has 1 aromatic heterocycles. The number of H-pyrrole nitrogens is 1. The minimum absolute atomic E-state index is 0.620. The molecular formula is C41H81N2+. The third-order valence-electron chi connectivity index (χ3n) is 10.1. The summed E-state index contributed by atoms with van der Waals surface area (Å²) in [4.78, 5) is 3.72. The van der Waals surface area contributed by atoms with Crippen molar-refractivity contribution in [1.29, 1.82) is 0 Å². The van der Waals surface area contributed by atoms with Gasteiger partial charge in [0.2, 0.25) is 0 Å². The lowest BCUT2D eigenvalue weighted by Crippen LogP contribution is -2.41. The van der Waals surface area contributed by atoms with E-state index in [2.05, 4.69) is 49.6 Å². The Labute approximate surface area is 272 Å². The highest BCUT2D eigenvalue weighted by Crippen LogP contribution is 2.27. The number of hydrogen-bond acceptors (Lipinski definition) is 0. The van der Waals surface area contributed by atoms with Crippen LogP contribution in [0.5, 0.6) is 0 Å². The van der Waals surface area contributed by atoms with Crippen LogP contribution in [0.15, 0.2) is 12.4 Å². The molecule has 1 N–H and O–H groups in total. The summed E-state index contributed by atoms with van der Waals surface area (Å²) in [6, 6.07) is 0.620. The number of hydrogen-bond donors (Lipinski definition) is 1. The minimum atomic E-state index is 0.620. The Kier molecular flexibility index (Phi) is 29.2. The van der Waals surface area contributed by atoms with E-state index in [1.54, 1.807) is 0 Å². The van der Waals surface area contributed by atoms with Crippen LogP contribution in [-0.4, -0.2) is 4.98 Å². The van der Waals surface area contributed by atoms with Crippen LogP contribution in [0.1, 0.15) is 251 Å².